The summed E-state index contributed by atoms with van der Waals surface area (Å²) in [7, 11) is 0. The minimum atomic E-state index is -0.356. The Morgan fingerprint density at radius 1 is 0.950 bits per heavy atom. The predicted molar refractivity (Wildman–Crippen MR) is 76.6 cm³/mol. The van der Waals surface area contributed by atoms with Gasteiger partial charge in [-0.15, -0.1) is 0 Å². The molecule has 0 spiro atoms. The Hall–Kier alpha value is -2.33. The van der Waals surface area contributed by atoms with E-state index in [-0.39, 0.29) is 12.6 Å². The quantitative estimate of drug-likeness (QED) is 0.647. The number of para-hydroxylation sites is 1. The fourth-order valence-electron chi connectivity index (χ4n) is 1.67. The molecule has 0 aliphatic carbocycles. The lowest BCUT2D eigenvalue weighted by molar-refractivity contribution is 0.0450. The van der Waals surface area contributed by atoms with Gasteiger partial charge in [0.1, 0.15) is 19.0 Å². The van der Waals surface area contributed by atoms with Gasteiger partial charge in [-0.25, -0.2) is 4.79 Å². The molecule has 2 N–H and O–H groups in total. The zero-order valence-electron chi connectivity index (χ0n) is 11.1. The number of benzene rings is 2. The fourth-order valence-corrected chi connectivity index (χ4v) is 1.67. The van der Waals surface area contributed by atoms with Gasteiger partial charge in [-0.2, -0.15) is 0 Å². The maximum Gasteiger partial charge on any atom is 0.338 e. The van der Waals surface area contributed by atoms with Gasteiger partial charge in [-0.1, -0.05) is 30.3 Å². The van der Waals surface area contributed by atoms with Crippen molar-refractivity contribution in [2.45, 2.75) is 6.54 Å². The number of rotatable bonds is 6. The zero-order chi connectivity index (χ0) is 14.2. The molecule has 0 unspecified atom stereocenters. The van der Waals surface area contributed by atoms with Crippen LogP contribution in [0.2, 0.25) is 0 Å². The molecule has 104 valence electrons. The molecule has 0 heterocycles. The average Bonchev–Trinajstić information content (AvgIpc) is 2.52. The van der Waals surface area contributed by atoms with Crippen LogP contribution in [0.5, 0.6) is 5.75 Å². The highest BCUT2D eigenvalue weighted by Crippen LogP contribution is 2.08. The SMILES string of the molecule is NCc1ccc(C(=O)OCCOc2ccccc2)cc1. The van der Waals surface area contributed by atoms with E-state index in [1.54, 1.807) is 12.1 Å². The molecule has 2 aromatic carbocycles. The molecule has 4 nitrogen and oxygen atoms in total. The predicted octanol–water partition coefficient (Wildman–Crippen LogP) is 2.38. The van der Waals surface area contributed by atoms with Crippen LogP contribution in [-0.2, 0) is 11.3 Å². The van der Waals surface area contributed by atoms with E-state index < -0.39 is 0 Å². The molecule has 0 amide bonds. The number of hydrogen-bond donors (Lipinski definition) is 1. The summed E-state index contributed by atoms with van der Waals surface area (Å²) >= 11 is 0. The van der Waals surface area contributed by atoms with Crippen LogP contribution in [-0.4, -0.2) is 19.2 Å². The van der Waals surface area contributed by atoms with Crippen molar-refractivity contribution in [1.82, 2.24) is 0 Å². The summed E-state index contributed by atoms with van der Waals surface area (Å²) in [5, 5.41) is 0. The van der Waals surface area contributed by atoms with E-state index in [1.165, 1.54) is 0 Å². The molecule has 0 aliphatic rings. The van der Waals surface area contributed by atoms with Crippen molar-refractivity contribution in [1.29, 1.82) is 0 Å². The van der Waals surface area contributed by atoms with E-state index >= 15 is 0 Å². The fraction of sp³-hybridized carbons (Fsp3) is 0.188. The van der Waals surface area contributed by atoms with Crippen molar-refractivity contribution in [2.24, 2.45) is 5.73 Å². The topological polar surface area (TPSA) is 61.6 Å². The first-order valence-corrected chi connectivity index (χ1v) is 6.43. The molecule has 0 fully saturated rings. The lowest BCUT2D eigenvalue weighted by Crippen LogP contribution is -2.12. The number of carbonyl (C=O) groups is 1. The molecule has 2 aromatic rings. The number of ether oxygens (including phenoxy) is 2. The number of hydrogen-bond acceptors (Lipinski definition) is 4. The van der Waals surface area contributed by atoms with E-state index in [9.17, 15) is 4.79 Å². The van der Waals surface area contributed by atoms with Gasteiger partial charge in [0.05, 0.1) is 5.56 Å². The van der Waals surface area contributed by atoms with Gasteiger partial charge in [-0.3, -0.25) is 0 Å². The molecule has 0 aliphatic heterocycles. The molecular formula is C16H17NO3. The number of nitrogens with two attached hydrogens (primary N) is 1. The van der Waals surface area contributed by atoms with Crippen LogP contribution in [0.4, 0.5) is 0 Å². The summed E-state index contributed by atoms with van der Waals surface area (Å²) in [6.45, 7) is 1.00. The number of carbonyl (C=O) groups excluding carboxylic acids is 1. The summed E-state index contributed by atoms with van der Waals surface area (Å²) in [5.41, 5.74) is 6.99. The molecule has 2 rings (SSSR count). The summed E-state index contributed by atoms with van der Waals surface area (Å²) in [6.07, 6.45) is 0. The van der Waals surface area contributed by atoms with Crippen LogP contribution in [0.3, 0.4) is 0 Å². The normalized spacial score (nSPS) is 10.1. The molecular weight excluding hydrogens is 254 g/mol. The largest absolute Gasteiger partial charge is 0.490 e. The monoisotopic (exact) mass is 271 g/mol. The van der Waals surface area contributed by atoms with Crippen molar-refractivity contribution >= 4 is 5.97 Å². The minimum Gasteiger partial charge on any atom is -0.490 e. The van der Waals surface area contributed by atoms with E-state index in [1.807, 2.05) is 42.5 Å². The van der Waals surface area contributed by atoms with Gasteiger partial charge in [0.15, 0.2) is 0 Å². The third-order valence-electron chi connectivity index (χ3n) is 2.75. The Morgan fingerprint density at radius 3 is 2.30 bits per heavy atom. The average molecular weight is 271 g/mol. The van der Waals surface area contributed by atoms with Crippen LogP contribution in [0.1, 0.15) is 15.9 Å². The molecule has 0 radical (unpaired) electrons. The van der Waals surface area contributed by atoms with Crippen LogP contribution < -0.4 is 10.5 Å². The third-order valence-corrected chi connectivity index (χ3v) is 2.75. The first kappa shape index (κ1) is 14.1. The Morgan fingerprint density at radius 2 is 1.65 bits per heavy atom. The Bertz CT molecular complexity index is 537. The lowest BCUT2D eigenvalue weighted by atomic mass is 10.1. The van der Waals surface area contributed by atoms with Gasteiger partial charge in [-0.05, 0) is 29.8 Å². The maximum atomic E-state index is 11.7. The van der Waals surface area contributed by atoms with Gasteiger partial charge in [0, 0.05) is 6.54 Å². The van der Waals surface area contributed by atoms with Crippen LogP contribution in [0.25, 0.3) is 0 Å². The molecule has 20 heavy (non-hydrogen) atoms. The first-order valence-electron chi connectivity index (χ1n) is 6.43. The van der Waals surface area contributed by atoms with Crippen molar-refractivity contribution in [3.8, 4) is 5.75 Å². The van der Waals surface area contributed by atoms with Gasteiger partial charge in [0.25, 0.3) is 0 Å². The highest BCUT2D eigenvalue weighted by Gasteiger charge is 2.06. The summed E-state index contributed by atoms with van der Waals surface area (Å²) in [4.78, 5) is 11.7. The van der Waals surface area contributed by atoms with E-state index in [0.29, 0.717) is 18.7 Å². The van der Waals surface area contributed by atoms with E-state index in [0.717, 1.165) is 11.3 Å². The highest BCUT2D eigenvalue weighted by molar-refractivity contribution is 5.89. The summed E-state index contributed by atoms with van der Waals surface area (Å²) < 4.78 is 10.6. The standard InChI is InChI=1S/C16H17NO3/c17-12-13-6-8-14(9-7-13)16(18)20-11-10-19-15-4-2-1-3-5-15/h1-9H,10-12,17H2. The smallest absolute Gasteiger partial charge is 0.338 e. The Balaban J connectivity index is 1.74. The van der Waals surface area contributed by atoms with Gasteiger partial charge < -0.3 is 15.2 Å². The first-order chi connectivity index (χ1) is 9.79. The summed E-state index contributed by atoms with van der Waals surface area (Å²) in [5.74, 6) is 0.404. The van der Waals surface area contributed by atoms with Gasteiger partial charge in [0.2, 0.25) is 0 Å². The van der Waals surface area contributed by atoms with Crippen LogP contribution in [0, 0.1) is 0 Å². The summed E-state index contributed by atoms with van der Waals surface area (Å²) in [6, 6.07) is 16.5. The van der Waals surface area contributed by atoms with Gasteiger partial charge >= 0.3 is 5.97 Å². The molecule has 0 saturated carbocycles. The molecule has 4 heteroatoms. The maximum absolute atomic E-state index is 11.7. The van der Waals surface area contributed by atoms with Crippen molar-refractivity contribution in [3.63, 3.8) is 0 Å². The van der Waals surface area contributed by atoms with E-state index in [4.69, 9.17) is 15.2 Å². The van der Waals surface area contributed by atoms with Crippen LogP contribution in [0.15, 0.2) is 54.6 Å². The second kappa shape index (κ2) is 7.31. The number of esters is 1. The van der Waals surface area contributed by atoms with E-state index in [2.05, 4.69) is 0 Å². The van der Waals surface area contributed by atoms with Crippen molar-refractivity contribution in [3.05, 3.63) is 65.7 Å². The second-order valence-electron chi connectivity index (χ2n) is 4.20. The molecule has 0 aromatic heterocycles. The van der Waals surface area contributed by atoms with Crippen LogP contribution >= 0.6 is 0 Å². The highest BCUT2D eigenvalue weighted by atomic mass is 16.6. The Labute approximate surface area is 118 Å². The third kappa shape index (κ3) is 4.10. The molecule has 0 bridgehead atoms. The second-order valence-corrected chi connectivity index (χ2v) is 4.20. The van der Waals surface area contributed by atoms with Crippen molar-refractivity contribution < 1.29 is 14.3 Å². The minimum absolute atomic E-state index is 0.215. The Kier molecular flexibility index (Phi) is 5.15. The molecule has 0 atom stereocenters. The zero-order valence-corrected chi connectivity index (χ0v) is 11.1. The van der Waals surface area contributed by atoms with Crippen molar-refractivity contribution in [2.75, 3.05) is 13.2 Å². The molecule has 0 saturated heterocycles. The lowest BCUT2D eigenvalue weighted by Gasteiger charge is -2.07.